The van der Waals surface area contributed by atoms with Crippen LogP contribution in [0.1, 0.15) is 30.3 Å². The Labute approximate surface area is 122 Å². The average Bonchev–Trinajstić information content (AvgIpc) is 2.87. The Bertz CT molecular complexity index is 598. The van der Waals surface area contributed by atoms with Gasteiger partial charge in [-0.3, -0.25) is 4.79 Å². The molecule has 2 unspecified atom stereocenters. The third-order valence-electron chi connectivity index (χ3n) is 3.59. The number of nitrogens with one attached hydrogen (secondary N) is 1. The third-order valence-corrected chi connectivity index (χ3v) is 4.92. The van der Waals surface area contributed by atoms with Gasteiger partial charge in [0.2, 0.25) is 0 Å². The molecule has 2 heterocycles. The van der Waals surface area contributed by atoms with Gasteiger partial charge in [0.05, 0.1) is 6.10 Å². The van der Waals surface area contributed by atoms with Crippen LogP contribution >= 0.6 is 10.7 Å². The minimum absolute atomic E-state index is 0.0422. The summed E-state index contributed by atoms with van der Waals surface area (Å²) >= 11 is 0. The van der Waals surface area contributed by atoms with Crippen molar-refractivity contribution in [3.63, 3.8) is 0 Å². The van der Waals surface area contributed by atoms with Gasteiger partial charge in [-0.15, -0.1) is 0 Å². The first-order valence-corrected chi connectivity index (χ1v) is 8.60. The fourth-order valence-electron chi connectivity index (χ4n) is 2.44. The summed E-state index contributed by atoms with van der Waals surface area (Å²) in [4.78, 5) is 16.6. The molecule has 1 N–H and O–H groups in total. The van der Waals surface area contributed by atoms with E-state index in [0.717, 1.165) is 12.8 Å². The first kappa shape index (κ1) is 15.3. The van der Waals surface area contributed by atoms with Crippen LogP contribution in [-0.4, -0.2) is 50.0 Å². The molecule has 112 valence electrons. The van der Waals surface area contributed by atoms with E-state index in [0.29, 0.717) is 6.54 Å². The highest BCUT2D eigenvalue weighted by atomic mass is 35.7. The standard InChI is InChI=1S/C12H17ClN2O4S/c1-8-5-9(19-2)3-4-15(8)12(16)11-6-10(7-14-11)20(13,17)18/h6-9,14H,3-5H2,1-2H3. The second-order valence-electron chi connectivity index (χ2n) is 4.92. The Hall–Kier alpha value is -1.05. The fraction of sp³-hybridized carbons (Fsp3) is 0.583. The van der Waals surface area contributed by atoms with Gasteiger partial charge >= 0.3 is 0 Å². The summed E-state index contributed by atoms with van der Waals surface area (Å²) in [6.45, 7) is 2.53. The molecule has 6 nitrogen and oxygen atoms in total. The molecule has 1 aliphatic heterocycles. The fourth-order valence-corrected chi connectivity index (χ4v) is 3.16. The smallest absolute Gasteiger partial charge is 0.270 e. The van der Waals surface area contributed by atoms with Gasteiger partial charge in [-0.05, 0) is 25.8 Å². The van der Waals surface area contributed by atoms with E-state index in [9.17, 15) is 13.2 Å². The topological polar surface area (TPSA) is 79.5 Å². The molecule has 2 atom stereocenters. The maximum absolute atomic E-state index is 12.4. The summed E-state index contributed by atoms with van der Waals surface area (Å²) in [5, 5.41) is 0. The summed E-state index contributed by atoms with van der Waals surface area (Å²) < 4.78 is 27.7. The van der Waals surface area contributed by atoms with Gasteiger partial charge in [0, 0.05) is 36.6 Å². The Balaban J connectivity index is 2.14. The Morgan fingerprint density at radius 2 is 2.25 bits per heavy atom. The van der Waals surface area contributed by atoms with Crippen LogP contribution < -0.4 is 0 Å². The zero-order chi connectivity index (χ0) is 14.9. The molecule has 8 heteroatoms. The van der Waals surface area contributed by atoms with Crippen LogP contribution in [-0.2, 0) is 13.8 Å². The van der Waals surface area contributed by atoms with Crippen molar-refractivity contribution in [2.45, 2.75) is 36.8 Å². The quantitative estimate of drug-likeness (QED) is 0.858. The molecule has 1 aromatic rings. The lowest BCUT2D eigenvalue weighted by Gasteiger charge is -2.36. The van der Waals surface area contributed by atoms with Gasteiger partial charge in [-0.2, -0.15) is 0 Å². The molecule has 1 fully saturated rings. The second-order valence-corrected chi connectivity index (χ2v) is 7.48. The molecule has 1 aromatic heterocycles. The third kappa shape index (κ3) is 3.16. The minimum Gasteiger partial charge on any atom is -0.381 e. The van der Waals surface area contributed by atoms with Gasteiger partial charge < -0.3 is 14.6 Å². The van der Waals surface area contributed by atoms with E-state index in [-0.39, 0.29) is 28.6 Å². The number of piperidine rings is 1. The molecule has 0 radical (unpaired) electrons. The molecule has 0 spiro atoms. The molecule has 2 rings (SSSR count). The highest BCUT2D eigenvalue weighted by molar-refractivity contribution is 8.13. The van der Waals surface area contributed by atoms with E-state index >= 15 is 0 Å². The molecule has 1 aliphatic rings. The van der Waals surface area contributed by atoms with Crippen molar-refractivity contribution < 1.29 is 17.9 Å². The lowest BCUT2D eigenvalue weighted by molar-refractivity contribution is 0.0157. The van der Waals surface area contributed by atoms with Crippen molar-refractivity contribution in [3.8, 4) is 0 Å². The molecule has 1 saturated heterocycles. The average molecular weight is 321 g/mol. The summed E-state index contributed by atoms with van der Waals surface area (Å²) in [5.74, 6) is -0.224. The minimum atomic E-state index is -3.82. The molecular formula is C12H17ClN2O4S. The number of hydrogen-bond donors (Lipinski definition) is 1. The van der Waals surface area contributed by atoms with E-state index in [4.69, 9.17) is 15.4 Å². The van der Waals surface area contributed by atoms with Gasteiger partial charge in [-0.1, -0.05) is 0 Å². The van der Waals surface area contributed by atoms with Crippen LogP contribution in [0.15, 0.2) is 17.2 Å². The summed E-state index contributed by atoms with van der Waals surface area (Å²) in [5.41, 5.74) is 0.229. The summed E-state index contributed by atoms with van der Waals surface area (Å²) in [6, 6.07) is 1.31. The zero-order valence-corrected chi connectivity index (χ0v) is 12.9. The second kappa shape index (κ2) is 5.75. The lowest BCUT2D eigenvalue weighted by Crippen LogP contribution is -2.46. The molecule has 0 aromatic carbocycles. The van der Waals surface area contributed by atoms with Crippen LogP contribution in [0.2, 0.25) is 0 Å². The molecule has 0 bridgehead atoms. The Kier molecular flexibility index (Phi) is 4.41. The van der Waals surface area contributed by atoms with E-state index in [2.05, 4.69) is 4.98 Å². The van der Waals surface area contributed by atoms with Gasteiger partial charge in [-0.25, -0.2) is 8.42 Å². The molecule has 1 amide bonds. The molecule has 0 aliphatic carbocycles. The van der Waals surface area contributed by atoms with Gasteiger partial charge in [0.25, 0.3) is 15.0 Å². The maximum atomic E-state index is 12.4. The summed E-state index contributed by atoms with van der Waals surface area (Å²) in [7, 11) is 3.08. The Morgan fingerprint density at radius 3 is 2.75 bits per heavy atom. The van der Waals surface area contributed by atoms with Crippen molar-refractivity contribution in [2.75, 3.05) is 13.7 Å². The van der Waals surface area contributed by atoms with E-state index in [1.54, 1.807) is 12.0 Å². The van der Waals surface area contributed by atoms with Crippen LogP contribution in [0.4, 0.5) is 0 Å². The van der Waals surface area contributed by atoms with Crippen LogP contribution in [0, 0.1) is 0 Å². The highest BCUT2D eigenvalue weighted by Gasteiger charge is 2.30. The largest absolute Gasteiger partial charge is 0.381 e. The number of aromatic amines is 1. The first-order chi connectivity index (χ1) is 9.32. The summed E-state index contributed by atoms with van der Waals surface area (Å²) in [6.07, 6.45) is 2.93. The number of H-pyrrole nitrogens is 1. The number of amides is 1. The normalized spacial score (nSPS) is 23.9. The number of methoxy groups -OCH3 is 1. The van der Waals surface area contributed by atoms with E-state index in [1.807, 2.05) is 6.92 Å². The van der Waals surface area contributed by atoms with Gasteiger partial charge in [0.15, 0.2) is 0 Å². The SMILES string of the molecule is COC1CCN(C(=O)c2cc(S(=O)(=O)Cl)c[nH]2)C(C)C1. The van der Waals surface area contributed by atoms with E-state index < -0.39 is 9.05 Å². The zero-order valence-electron chi connectivity index (χ0n) is 11.3. The van der Waals surface area contributed by atoms with Crippen molar-refractivity contribution in [1.29, 1.82) is 0 Å². The number of ether oxygens (including phenoxy) is 1. The van der Waals surface area contributed by atoms with Crippen molar-refractivity contribution in [2.24, 2.45) is 0 Å². The van der Waals surface area contributed by atoms with E-state index in [1.165, 1.54) is 12.3 Å². The molecular weight excluding hydrogens is 304 g/mol. The van der Waals surface area contributed by atoms with Crippen molar-refractivity contribution in [1.82, 2.24) is 9.88 Å². The molecule has 0 saturated carbocycles. The van der Waals surface area contributed by atoms with Crippen LogP contribution in [0.25, 0.3) is 0 Å². The number of hydrogen-bond acceptors (Lipinski definition) is 4. The first-order valence-electron chi connectivity index (χ1n) is 6.29. The predicted molar refractivity (Wildman–Crippen MR) is 74.4 cm³/mol. The molecule has 20 heavy (non-hydrogen) atoms. The van der Waals surface area contributed by atoms with Crippen LogP contribution in [0.5, 0.6) is 0 Å². The van der Waals surface area contributed by atoms with Crippen LogP contribution in [0.3, 0.4) is 0 Å². The predicted octanol–water partition coefficient (Wildman–Crippen LogP) is 1.58. The number of aromatic nitrogens is 1. The number of likely N-dealkylation sites (tertiary alicyclic amines) is 1. The number of halogens is 1. The number of carbonyl (C=O) groups excluding carboxylic acids is 1. The van der Waals surface area contributed by atoms with Crippen molar-refractivity contribution in [3.05, 3.63) is 18.0 Å². The Morgan fingerprint density at radius 1 is 1.55 bits per heavy atom. The highest BCUT2D eigenvalue weighted by Crippen LogP contribution is 2.23. The maximum Gasteiger partial charge on any atom is 0.270 e. The number of carbonyl (C=O) groups is 1. The number of nitrogens with zero attached hydrogens (tertiary/aromatic N) is 1. The van der Waals surface area contributed by atoms with Gasteiger partial charge in [0.1, 0.15) is 10.6 Å². The van der Waals surface area contributed by atoms with Crippen molar-refractivity contribution >= 4 is 25.6 Å². The monoisotopic (exact) mass is 320 g/mol. The lowest BCUT2D eigenvalue weighted by atomic mass is 10.0. The number of rotatable bonds is 3.